The average molecular weight is 129 g/mol. The highest BCUT2D eigenvalue weighted by Crippen LogP contribution is 2.16. The van der Waals surface area contributed by atoms with Crippen LogP contribution in [0, 0.1) is 5.92 Å². The lowest BCUT2D eigenvalue weighted by molar-refractivity contribution is 0.212. The van der Waals surface area contributed by atoms with Gasteiger partial charge in [-0.2, -0.15) is 0 Å². The highest BCUT2D eigenvalue weighted by Gasteiger charge is 2.23. The lowest BCUT2D eigenvalue weighted by atomic mass is 10.0. The van der Waals surface area contributed by atoms with E-state index in [0.717, 1.165) is 19.4 Å². The van der Waals surface area contributed by atoms with Gasteiger partial charge in [-0.15, -0.1) is 0 Å². The van der Waals surface area contributed by atoms with Crippen molar-refractivity contribution in [1.29, 1.82) is 0 Å². The molecule has 0 radical (unpaired) electrons. The van der Waals surface area contributed by atoms with Gasteiger partial charge in [0.25, 0.3) is 0 Å². The highest BCUT2D eigenvalue weighted by molar-refractivity contribution is 4.81. The van der Waals surface area contributed by atoms with Crippen molar-refractivity contribution in [3.63, 3.8) is 0 Å². The Bertz CT molecular complexity index is 75.0. The second-order valence-corrected chi connectivity index (χ2v) is 2.70. The second kappa shape index (κ2) is 3.18. The first-order chi connectivity index (χ1) is 4.38. The van der Waals surface area contributed by atoms with Gasteiger partial charge in [0.1, 0.15) is 0 Å². The summed E-state index contributed by atoms with van der Waals surface area (Å²) in [5.41, 5.74) is 0. The highest BCUT2D eigenvalue weighted by atomic mass is 16.3. The Hall–Kier alpha value is -0.0800. The molecular weight excluding hydrogens is 114 g/mol. The van der Waals surface area contributed by atoms with Crippen LogP contribution in [0.2, 0.25) is 0 Å². The molecule has 2 N–H and O–H groups in total. The third kappa shape index (κ3) is 1.43. The summed E-state index contributed by atoms with van der Waals surface area (Å²) in [5, 5.41) is 12.2. The minimum atomic E-state index is 0.353. The molecule has 1 heterocycles. The summed E-state index contributed by atoms with van der Waals surface area (Å²) in [6.45, 7) is 3.60. The van der Waals surface area contributed by atoms with Gasteiger partial charge in [-0.3, -0.25) is 0 Å². The van der Waals surface area contributed by atoms with E-state index < -0.39 is 0 Å². The topological polar surface area (TPSA) is 32.3 Å². The fraction of sp³-hybridized carbons (Fsp3) is 1.00. The number of nitrogens with one attached hydrogen (secondary N) is 1. The second-order valence-electron chi connectivity index (χ2n) is 2.70. The van der Waals surface area contributed by atoms with E-state index >= 15 is 0 Å². The molecule has 0 aliphatic carbocycles. The number of hydrogen-bond acceptors (Lipinski definition) is 2. The van der Waals surface area contributed by atoms with Crippen LogP contribution in [0.3, 0.4) is 0 Å². The van der Waals surface area contributed by atoms with Gasteiger partial charge in [0.2, 0.25) is 0 Å². The summed E-state index contributed by atoms with van der Waals surface area (Å²) in [7, 11) is 0. The van der Waals surface area contributed by atoms with E-state index in [1.54, 1.807) is 0 Å². The van der Waals surface area contributed by atoms with Gasteiger partial charge < -0.3 is 10.4 Å². The van der Waals surface area contributed by atoms with Gasteiger partial charge in [-0.1, -0.05) is 6.92 Å². The molecule has 1 rings (SSSR count). The maximum atomic E-state index is 8.83. The van der Waals surface area contributed by atoms with Crippen LogP contribution >= 0.6 is 0 Å². The van der Waals surface area contributed by atoms with Crippen LogP contribution < -0.4 is 5.32 Å². The molecule has 9 heavy (non-hydrogen) atoms. The number of rotatable bonds is 2. The first-order valence-electron chi connectivity index (χ1n) is 3.72. The summed E-state index contributed by atoms with van der Waals surface area (Å²) >= 11 is 0. The van der Waals surface area contributed by atoms with Crippen LogP contribution in [0.25, 0.3) is 0 Å². The zero-order chi connectivity index (χ0) is 6.69. The van der Waals surface area contributed by atoms with Gasteiger partial charge in [0, 0.05) is 12.6 Å². The molecule has 1 saturated heterocycles. The van der Waals surface area contributed by atoms with Crippen molar-refractivity contribution in [2.75, 3.05) is 13.2 Å². The van der Waals surface area contributed by atoms with Crippen LogP contribution in [0.1, 0.15) is 19.8 Å². The fourth-order valence-electron chi connectivity index (χ4n) is 1.52. The summed E-state index contributed by atoms with van der Waals surface area (Å²) in [6, 6.07) is 0.579. The third-order valence-corrected chi connectivity index (χ3v) is 2.17. The van der Waals surface area contributed by atoms with Crippen LogP contribution in [0.4, 0.5) is 0 Å². The van der Waals surface area contributed by atoms with Gasteiger partial charge in [0.05, 0.1) is 0 Å². The largest absolute Gasteiger partial charge is 0.396 e. The predicted octanol–water partition coefficient (Wildman–Crippen LogP) is 0.367. The van der Waals surface area contributed by atoms with Crippen LogP contribution in [-0.4, -0.2) is 24.3 Å². The normalized spacial score (nSPS) is 35.3. The van der Waals surface area contributed by atoms with Crippen molar-refractivity contribution in [2.45, 2.75) is 25.8 Å². The van der Waals surface area contributed by atoms with Crippen LogP contribution in [-0.2, 0) is 0 Å². The van der Waals surface area contributed by atoms with Crippen molar-refractivity contribution in [1.82, 2.24) is 5.32 Å². The first kappa shape index (κ1) is 7.03. The van der Waals surface area contributed by atoms with E-state index in [9.17, 15) is 0 Å². The molecule has 54 valence electrons. The van der Waals surface area contributed by atoms with E-state index in [0.29, 0.717) is 18.6 Å². The van der Waals surface area contributed by atoms with Gasteiger partial charge >= 0.3 is 0 Å². The standard InChI is InChI=1S/C7H15NO/c1-2-7-6(5-9)3-4-8-7/h6-9H,2-5H2,1H3. The minimum Gasteiger partial charge on any atom is -0.396 e. The zero-order valence-corrected chi connectivity index (χ0v) is 5.93. The van der Waals surface area contributed by atoms with Crippen molar-refractivity contribution >= 4 is 0 Å². The van der Waals surface area contributed by atoms with Gasteiger partial charge in [-0.05, 0) is 25.3 Å². The zero-order valence-electron chi connectivity index (χ0n) is 5.93. The molecule has 0 bridgehead atoms. The number of aliphatic hydroxyl groups excluding tert-OH is 1. The van der Waals surface area contributed by atoms with E-state index in [-0.39, 0.29) is 0 Å². The molecule has 1 fully saturated rings. The Morgan fingerprint density at radius 2 is 2.44 bits per heavy atom. The van der Waals surface area contributed by atoms with E-state index in [4.69, 9.17) is 5.11 Å². The Balaban J connectivity index is 2.32. The molecule has 1 aliphatic heterocycles. The van der Waals surface area contributed by atoms with Gasteiger partial charge in [-0.25, -0.2) is 0 Å². The minimum absolute atomic E-state index is 0.353. The Morgan fingerprint density at radius 1 is 1.67 bits per heavy atom. The molecule has 0 saturated carbocycles. The molecule has 0 spiro atoms. The molecule has 2 unspecified atom stereocenters. The van der Waals surface area contributed by atoms with E-state index in [1.165, 1.54) is 0 Å². The maximum absolute atomic E-state index is 8.83. The Labute approximate surface area is 56.3 Å². The van der Waals surface area contributed by atoms with Crippen molar-refractivity contribution < 1.29 is 5.11 Å². The van der Waals surface area contributed by atoms with E-state index in [2.05, 4.69) is 12.2 Å². The molecule has 0 aromatic rings. The number of hydrogen-bond donors (Lipinski definition) is 2. The predicted molar refractivity (Wildman–Crippen MR) is 37.3 cm³/mol. The van der Waals surface area contributed by atoms with Gasteiger partial charge in [0.15, 0.2) is 0 Å². The molecular formula is C7H15NO. The first-order valence-corrected chi connectivity index (χ1v) is 3.72. The summed E-state index contributed by atoms with van der Waals surface area (Å²) in [6.07, 6.45) is 2.29. The fourth-order valence-corrected chi connectivity index (χ4v) is 1.52. The van der Waals surface area contributed by atoms with Crippen molar-refractivity contribution in [3.05, 3.63) is 0 Å². The molecule has 0 amide bonds. The molecule has 0 aromatic carbocycles. The summed E-state index contributed by atoms with van der Waals surface area (Å²) < 4.78 is 0. The monoisotopic (exact) mass is 129 g/mol. The maximum Gasteiger partial charge on any atom is 0.0474 e. The molecule has 2 nitrogen and oxygen atoms in total. The molecule has 2 atom stereocenters. The Morgan fingerprint density at radius 3 is 2.89 bits per heavy atom. The molecule has 2 heteroatoms. The van der Waals surface area contributed by atoms with E-state index in [1.807, 2.05) is 0 Å². The van der Waals surface area contributed by atoms with Crippen molar-refractivity contribution in [2.24, 2.45) is 5.92 Å². The summed E-state index contributed by atoms with van der Waals surface area (Å²) in [5.74, 6) is 0.523. The van der Waals surface area contributed by atoms with Crippen LogP contribution in [0.5, 0.6) is 0 Å². The van der Waals surface area contributed by atoms with Crippen molar-refractivity contribution in [3.8, 4) is 0 Å². The summed E-state index contributed by atoms with van der Waals surface area (Å²) in [4.78, 5) is 0. The third-order valence-electron chi connectivity index (χ3n) is 2.17. The molecule has 0 aromatic heterocycles. The molecule has 1 aliphatic rings. The SMILES string of the molecule is CCC1NCCC1CO. The lowest BCUT2D eigenvalue weighted by Gasteiger charge is -2.13. The lowest BCUT2D eigenvalue weighted by Crippen LogP contribution is -2.27. The smallest absolute Gasteiger partial charge is 0.0474 e. The Kier molecular flexibility index (Phi) is 2.49. The average Bonchev–Trinajstić information content (AvgIpc) is 2.33. The van der Waals surface area contributed by atoms with Crippen LogP contribution in [0.15, 0.2) is 0 Å². The number of aliphatic hydroxyl groups is 1. The quantitative estimate of drug-likeness (QED) is 0.564.